The molecule has 1 heterocycles. The summed E-state index contributed by atoms with van der Waals surface area (Å²) < 4.78 is 16.0. The van der Waals surface area contributed by atoms with E-state index in [9.17, 15) is 4.79 Å². The first-order valence-corrected chi connectivity index (χ1v) is 7.72. The summed E-state index contributed by atoms with van der Waals surface area (Å²) in [4.78, 5) is 16.8. The number of ether oxygens (including phenoxy) is 2. The zero-order chi connectivity index (χ0) is 15.3. The molecule has 0 amide bonds. The summed E-state index contributed by atoms with van der Waals surface area (Å²) in [6.45, 7) is 4.24. The van der Waals surface area contributed by atoms with Crippen LogP contribution in [-0.2, 0) is 19.7 Å². The van der Waals surface area contributed by atoms with Gasteiger partial charge in [-0.05, 0) is 26.2 Å². The van der Waals surface area contributed by atoms with Crippen LogP contribution in [0.1, 0.15) is 70.2 Å². The van der Waals surface area contributed by atoms with Crippen molar-refractivity contribution in [3.8, 4) is 0 Å². The highest BCUT2D eigenvalue weighted by Gasteiger charge is 2.49. The molecule has 1 unspecified atom stereocenters. The molecular formula is C15H24N2O4. The molecule has 0 aliphatic heterocycles. The summed E-state index contributed by atoms with van der Waals surface area (Å²) in [5.74, 6) is 0.652. The van der Waals surface area contributed by atoms with Crippen molar-refractivity contribution in [3.63, 3.8) is 0 Å². The molecule has 1 aliphatic rings. The third kappa shape index (κ3) is 3.10. The molecule has 0 aromatic carbocycles. The van der Waals surface area contributed by atoms with Gasteiger partial charge in [0, 0.05) is 7.11 Å². The Bertz CT molecular complexity index is 466. The fourth-order valence-corrected chi connectivity index (χ4v) is 2.93. The molecule has 118 valence electrons. The quantitative estimate of drug-likeness (QED) is 0.720. The van der Waals surface area contributed by atoms with Crippen LogP contribution in [0.2, 0.25) is 0 Å². The minimum atomic E-state index is -0.758. The molecule has 1 aromatic heterocycles. The Morgan fingerprint density at radius 2 is 2.10 bits per heavy atom. The van der Waals surface area contributed by atoms with Crippen molar-refractivity contribution in [2.75, 3.05) is 13.7 Å². The topological polar surface area (TPSA) is 74.5 Å². The zero-order valence-electron chi connectivity index (χ0n) is 13.1. The van der Waals surface area contributed by atoms with Crippen molar-refractivity contribution in [1.29, 1.82) is 0 Å². The Morgan fingerprint density at radius 1 is 1.38 bits per heavy atom. The fourth-order valence-electron chi connectivity index (χ4n) is 2.93. The van der Waals surface area contributed by atoms with Gasteiger partial charge in [0.05, 0.1) is 6.61 Å². The largest absolute Gasteiger partial charge is 0.465 e. The molecule has 1 fully saturated rings. The lowest BCUT2D eigenvalue weighted by Gasteiger charge is -2.21. The number of nitrogens with zero attached hydrogens (tertiary/aromatic N) is 2. The second-order valence-corrected chi connectivity index (χ2v) is 5.48. The molecule has 0 N–H and O–H groups in total. The van der Waals surface area contributed by atoms with Gasteiger partial charge in [-0.3, -0.25) is 4.79 Å². The van der Waals surface area contributed by atoms with Gasteiger partial charge in [0.15, 0.2) is 0 Å². The predicted molar refractivity (Wildman–Crippen MR) is 75.7 cm³/mol. The summed E-state index contributed by atoms with van der Waals surface area (Å²) in [5.41, 5.74) is -0.758. The van der Waals surface area contributed by atoms with Gasteiger partial charge < -0.3 is 14.0 Å². The summed E-state index contributed by atoms with van der Waals surface area (Å²) in [6, 6.07) is 0. The highest BCUT2D eigenvalue weighted by Crippen LogP contribution is 2.41. The Labute approximate surface area is 125 Å². The molecule has 0 bridgehead atoms. The summed E-state index contributed by atoms with van der Waals surface area (Å²) >= 11 is 0. The lowest BCUT2D eigenvalue weighted by molar-refractivity contribution is -0.151. The first kappa shape index (κ1) is 15.9. The predicted octanol–water partition coefficient (Wildman–Crippen LogP) is 2.93. The van der Waals surface area contributed by atoms with Crippen molar-refractivity contribution >= 4 is 5.97 Å². The second kappa shape index (κ2) is 7.02. The van der Waals surface area contributed by atoms with Crippen LogP contribution in [0.4, 0.5) is 0 Å². The maximum absolute atomic E-state index is 12.4. The smallest absolute Gasteiger partial charge is 0.321 e. The van der Waals surface area contributed by atoms with Crippen molar-refractivity contribution < 1.29 is 18.8 Å². The molecule has 1 aliphatic carbocycles. The highest BCUT2D eigenvalue weighted by atomic mass is 16.5. The van der Waals surface area contributed by atoms with E-state index in [1.54, 1.807) is 7.11 Å². The molecule has 1 saturated carbocycles. The maximum Gasteiger partial charge on any atom is 0.321 e. The molecule has 0 saturated heterocycles. The first-order valence-electron chi connectivity index (χ1n) is 7.72. The molecule has 2 rings (SSSR count). The van der Waals surface area contributed by atoms with Gasteiger partial charge in [-0.15, -0.1) is 0 Å². The van der Waals surface area contributed by atoms with Crippen molar-refractivity contribution in [1.82, 2.24) is 10.1 Å². The number of aromatic nitrogens is 2. The number of esters is 1. The number of methoxy groups -OCH3 is 1. The van der Waals surface area contributed by atoms with Gasteiger partial charge >= 0.3 is 5.97 Å². The lowest BCUT2D eigenvalue weighted by Crippen LogP contribution is -2.35. The minimum absolute atomic E-state index is 0.187. The van der Waals surface area contributed by atoms with Gasteiger partial charge in [0.2, 0.25) is 11.7 Å². The molecular weight excluding hydrogens is 272 g/mol. The van der Waals surface area contributed by atoms with Gasteiger partial charge in [-0.2, -0.15) is 4.98 Å². The fraction of sp³-hybridized carbons (Fsp3) is 0.800. The number of carbonyl (C=O) groups excluding carboxylic acids is 1. The van der Waals surface area contributed by atoms with E-state index in [2.05, 4.69) is 17.1 Å². The van der Waals surface area contributed by atoms with Crippen molar-refractivity contribution in [2.24, 2.45) is 0 Å². The number of hydrogen-bond acceptors (Lipinski definition) is 6. The second-order valence-electron chi connectivity index (χ2n) is 5.48. The van der Waals surface area contributed by atoms with E-state index in [0.717, 1.165) is 25.7 Å². The van der Waals surface area contributed by atoms with E-state index < -0.39 is 5.41 Å². The van der Waals surface area contributed by atoms with Crippen LogP contribution in [0.3, 0.4) is 0 Å². The van der Waals surface area contributed by atoms with Crippen LogP contribution in [0.15, 0.2) is 4.52 Å². The molecule has 21 heavy (non-hydrogen) atoms. The van der Waals surface area contributed by atoms with Crippen molar-refractivity contribution in [2.45, 2.75) is 63.9 Å². The van der Waals surface area contributed by atoms with Crippen LogP contribution in [0.5, 0.6) is 0 Å². The summed E-state index contributed by atoms with van der Waals surface area (Å²) in [6.07, 6.45) is 4.96. The van der Waals surface area contributed by atoms with Crippen LogP contribution in [-0.4, -0.2) is 29.8 Å². The van der Waals surface area contributed by atoms with Crippen LogP contribution < -0.4 is 0 Å². The third-order valence-corrected chi connectivity index (χ3v) is 4.10. The Hall–Kier alpha value is -1.43. The Balaban J connectivity index is 2.26. The molecule has 1 aromatic rings. The number of carbonyl (C=O) groups is 1. The molecule has 6 nitrogen and oxygen atoms in total. The van der Waals surface area contributed by atoms with E-state index in [0.29, 0.717) is 31.2 Å². The van der Waals surface area contributed by atoms with Crippen LogP contribution in [0, 0.1) is 0 Å². The Morgan fingerprint density at radius 3 is 2.67 bits per heavy atom. The third-order valence-electron chi connectivity index (χ3n) is 4.10. The minimum Gasteiger partial charge on any atom is -0.465 e. The number of hydrogen-bond donors (Lipinski definition) is 0. The molecule has 6 heteroatoms. The molecule has 0 spiro atoms. The van der Waals surface area contributed by atoms with Crippen LogP contribution >= 0.6 is 0 Å². The Kier molecular flexibility index (Phi) is 5.33. The highest BCUT2D eigenvalue weighted by molar-refractivity contribution is 5.82. The lowest BCUT2D eigenvalue weighted by atomic mass is 9.86. The van der Waals surface area contributed by atoms with Gasteiger partial charge in [0.1, 0.15) is 11.5 Å². The standard InChI is InChI=1S/C15H24N2O4/c1-4-8-11(19-3)12-16-13(21-17-12)15(9-6-7-10-15)14(18)20-5-2/h11H,4-10H2,1-3H3. The SMILES string of the molecule is CCCC(OC)c1noc(C2(C(=O)OCC)CCCC2)n1. The van der Waals surface area contributed by atoms with Gasteiger partial charge in [0.25, 0.3) is 0 Å². The van der Waals surface area contributed by atoms with E-state index in [1.165, 1.54) is 0 Å². The van der Waals surface area contributed by atoms with E-state index in [-0.39, 0.29) is 12.1 Å². The molecule has 1 atom stereocenters. The first-order chi connectivity index (χ1) is 10.2. The number of rotatable bonds is 7. The van der Waals surface area contributed by atoms with Crippen molar-refractivity contribution in [3.05, 3.63) is 11.7 Å². The summed E-state index contributed by atoms with van der Waals surface area (Å²) in [7, 11) is 1.63. The van der Waals surface area contributed by atoms with Crippen LogP contribution in [0.25, 0.3) is 0 Å². The van der Waals surface area contributed by atoms with Gasteiger partial charge in [-0.1, -0.05) is 31.3 Å². The molecule has 0 radical (unpaired) electrons. The average Bonchev–Trinajstić information content (AvgIpc) is 3.14. The zero-order valence-corrected chi connectivity index (χ0v) is 13.1. The summed E-state index contributed by atoms with van der Waals surface area (Å²) in [5, 5.41) is 4.02. The normalized spacial score (nSPS) is 18.6. The van der Waals surface area contributed by atoms with E-state index >= 15 is 0 Å². The van der Waals surface area contributed by atoms with Gasteiger partial charge in [-0.25, -0.2) is 0 Å². The van der Waals surface area contributed by atoms with E-state index in [1.807, 2.05) is 6.92 Å². The maximum atomic E-state index is 12.4. The average molecular weight is 296 g/mol. The van der Waals surface area contributed by atoms with E-state index in [4.69, 9.17) is 14.0 Å². The monoisotopic (exact) mass is 296 g/mol.